The molecule has 0 aliphatic carbocycles. The number of terminal acetylenes is 1. The van der Waals surface area contributed by atoms with E-state index in [1.165, 1.54) is 0 Å². The molecule has 30 heavy (non-hydrogen) atoms. The van der Waals surface area contributed by atoms with Crippen molar-refractivity contribution in [1.29, 1.82) is 0 Å². The first-order valence-electron chi connectivity index (χ1n) is 10.0. The van der Waals surface area contributed by atoms with Crippen molar-refractivity contribution in [3.8, 4) is 18.1 Å². The Morgan fingerprint density at radius 3 is 2.53 bits per heavy atom. The lowest BCUT2D eigenvalue weighted by Crippen LogP contribution is -2.50. The number of hydrogen-bond acceptors (Lipinski definition) is 4. The van der Waals surface area contributed by atoms with Gasteiger partial charge in [0, 0.05) is 30.0 Å². The van der Waals surface area contributed by atoms with Gasteiger partial charge in [-0.05, 0) is 56.8 Å². The number of rotatable bonds is 12. The Labute approximate surface area is 178 Å². The average Bonchev–Trinajstić information content (AvgIpc) is 2.71. The van der Waals surface area contributed by atoms with E-state index in [1.54, 1.807) is 17.0 Å². The van der Waals surface area contributed by atoms with E-state index in [1.807, 2.05) is 32.9 Å². The van der Waals surface area contributed by atoms with Crippen molar-refractivity contribution in [2.24, 2.45) is 5.11 Å². The Hall–Kier alpha value is -3.17. The molecule has 1 aromatic carbocycles. The molecule has 1 rings (SSSR count). The van der Waals surface area contributed by atoms with Gasteiger partial charge in [0.2, 0.25) is 11.8 Å². The third-order valence-electron chi connectivity index (χ3n) is 4.36. The third kappa shape index (κ3) is 9.85. The first-order chi connectivity index (χ1) is 14.3. The van der Waals surface area contributed by atoms with Gasteiger partial charge in [-0.1, -0.05) is 29.6 Å². The second-order valence-electron chi connectivity index (χ2n) is 7.83. The lowest BCUT2D eigenvalue weighted by atomic mass is 10.0. The van der Waals surface area contributed by atoms with E-state index in [0.29, 0.717) is 31.7 Å². The first-order valence-corrected chi connectivity index (χ1v) is 10.0. The quantitative estimate of drug-likeness (QED) is 0.185. The van der Waals surface area contributed by atoms with Gasteiger partial charge in [-0.25, -0.2) is 0 Å². The summed E-state index contributed by atoms with van der Waals surface area (Å²) in [5.41, 5.74) is 8.72. The van der Waals surface area contributed by atoms with Crippen LogP contribution in [0.25, 0.3) is 10.4 Å². The Morgan fingerprint density at radius 2 is 1.93 bits per heavy atom. The van der Waals surface area contributed by atoms with Crippen LogP contribution in [0, 0.1) is 12.3 Å². The number of benzene rings is 1. The van der Waals surface area contributed by atoms with E-state index in [9.17, 15) is 9.59 Å². The van der Waals surface area contributed by atoms with Gasteiger partial charge >= 0.3 is 0 Å². The second kappa shape index (κ2) is 13.1. The predicted molar refractivity (Wildman–Crippen MR) is 117 cm³/mol. The number of nitrogens with zero attached hydrogens (tertiary/aromatic N) is 4. The summed E-state index contributed by atoms with van der Waals surface area (Å²) >= 11 is 0. The van der Waals surface area contributed by atoms with Gasteiger partial charge in [-0.2, -0.15) is 0 Å². The average molecular weight is 414 g/mol. The number of unbranched alkanes of at least 4 members (excludes halogenated alkanes) is 2. The zero-order chi connectivity index (χ0) is 22.4. The normalized spacial score (nSPS) is 10.5. The monoisotopic (exact) mass is 413 g/mol. The summed E-state index contributed by atoms with van der Waals surface area (Å²) < 4.78 is 5.32. The fraction of sp³-hybridized carbons (Fsp3) is 0.545. The van der Waals surface area contributed by atoms with Crippen LogP contribution < -0.4 is 10.1 Å². The Kier molecular flexibility index (Phi) is 10.9. The molecular weight excluding hydrogens is 382 g/mol. The molecule has 0 spiro atoms. The zero-order valence-electron chi connectivity index (χ0n) is 18.1. The molecule has 0 fully saturated rings. The highest BCUT2D eigenvalue weighted by Crippen LogP contribution is 2.16. The lowest BCUT2D eigenvalue weighted by Gasteiger charge is -2.35. The predicted octanol–water partition coefficient (Wildman–Crippen LogP) is 3.81. The van der Waals surface area contributed by atoms with Gasteiger partial charge in [-0.3, -0.25) is 9.59 Å². The van der Waals surface area contributed by atoms with Gasteiger partial charge in [0.15, 0.2) is 0 Å². The van der Waals surface area contributed by atoms with Crippen LogP contribution in [0.1, 0.15) is 52.0 Å². The maximum Gasteiger partial charge on any atom is 0.239 e. The van der Waals surface area contributed by atoms with Crippen LogP contribution in [-0.2, 0) is 16.1 Å². The van der Waals surface area contributed by atoms with Crippen LogP contribution in [0.15, 0.2) is 29.4 Å². The molecule has 1 N–H and O–H groups in total. The molecular formula is C22H31N5O3. The number of ether oxygens (including phenoxy) is 1. The zero-order valence-corrected chi connectivity index (χ0v) is 18.1. The van der Waals surface area contributed by atoms with Crippen LogP contribution in [0.2, 0.25) is 0 Å². The number of carbonyl (C=O) groups excluding carboxylic acids is 2. The number of azide groups is 1. The summed E-state index contributed by atoms with van der Waals surface area (Å²) in [7, 11) is 0. The van der Waals surface area contributed by atoms with E-state index in [-0.39, 0.29) is 25.0 Å². The van der Waals surface area contributed by atoms with Gasteiger partial charge < -0.3 is 15.0 Å². The van der Waals surface area contributed by atoms with Gasteiger partial charge in [0.25, 0.3) is 0 Å². The summed E-state index contributed by atoms with van der Waals surface area (Å²) in [6.45, 7) is 6.75. The highest BCUT2D eigenvalue weighted by atomic mass is 16.5. The highest BCUT2D eigenvalue weighted by molar-refractivity contribution is 5.85. The van der Waals surface area contributed by atoms with Crippen molar-refractivity contribution in [1.82, 2.24) is 10.2 Å². The Bertz CT molecular complexity index is 771. The van der Waals surface area contributed by atoms with Gasteiger partial charge in [0.1, 0.15) is 18.9 Å². The maximum atomic E-state index is 12.6. The SMILES string of the molecule is C#CCOc1ccc(CNC(=O)CN(C(=O)CCCCCN=[N+]=[N-])C(C)(C)C)cc1. The maximum absolute atomic E-state index is 12.6. The largest absolute Gasteiger partial charge is 0.481 e. The summed E-state index contributed by atoms with van der Waals surface area (Å²) in [6, 6.07) is 7.31. The molecule has 0 atom stereocenters. The summed E-state index contributed by atoms with van der Waals surface area (Å²) in [4.78, 5) is 29.4. The molecule has 8 heteroatoms. The minimum atomic E-state index is -0.463. The lowest BCUT2D eigenvalue weighted by molar-refractivity contribution is -0.141. The molecule has 2 amide bonds. The number of amides is 2. The molecule has 0 heterocycles. The second-order valence-corrected chi connectivity index (χ2v) is 7.83. The molecule has 0 unspecified atom stereocenters. The number of carbonyl (C=O) groups is 2. The molecule has 0 aromatic heterocycles. The van der Waals surface area contributed by atoms with Gasteiger partial charge in [0.05, 0.1) is 0 Å². The number of nitrogens with one attached hydrogen (secondary N) is 1. The van der Waals surface area contributed by atoms with Crippen LogP contribution >= 0.6 is 0 Å². The standard InChI is InChI=1S/C22H31N5O3/c1-5-15-30-19-12-10-18(11-13-19)16-24-20(28)17-27(22(2,3)4)21(29)9-7-6-8-14-25-26-23/h1,10-13H,6-9,14-17H2,2-4H3,(H,24,28). The van der Waals surface area contributed by atoms with Crippen LogP contribution in [0.5, 0.6) is 5.75 Å². The Morgan fingerprint density at radius 1 is 1.23 bits per heavy atom. The van der Waals surface area contributed by atoms with Crippen molar-refractivity contribution < 1.29 is 14.3 Å². The Balaban J connectivity index is 2.51. The van der Waals surface area contributed by atoms with E-state index >= 15 is 0 Å². The molecule has 0 aliphatic rings. The summed E-state index contributed by atoms with van der Waals surface area (Å²) in [5, 5.41) is 6.34. The molecule has 1 aromatic rings. The first kappa shape index (κ1) is 24.9. The van der Waals surface area contributed by atoms with Crippen molar-refractivity contribution in [3.05, 3.63) is 40.3 Å². The molecule has 0 saturated carbocycles. The van der Waals surface area contributed by atoms with E-state index in [2.05, 4.69) is 21.3 Å². The molecule has 0 radical (unpaired) electrons. The van der Waals surface area contributed by atoms with Crippen molar-refractivity contribution in [2.75, 3.05) is 19.7 Å². The van der Waals surface area contributed by atoms with E-state index < -0.39 is 5.54 Å². The smallest absolute Gasteiger partial charge is 0.239 e. The number of hydrogen-bond donors (Lipinski definition) is 1. The molecule has 0 saturated heterocycles. The van der Waals surface area contributed by atoms with Crippen LogP contribution in [-0.4, -0.2) is 41.9 Å². The molecule has 162 valence electrons. The summed E-state index contributed by atoms with van der Waals surface area (Å²) in [6.07, 6.45) is 7.77. The minimum absolute atomic E-state index is 0.00439. The van der Waals surface area contributed by atoms with Gasteiger partial charge in [-0.15, -0.1) is 6.42 Å². The minimum Gasteiger partial charge on any atom is -0.481 e. The topological polar surface area (TPSA) is 107 Å². The third-order valence-corrected chi connectivity index (χ3v) is 4.36. The van der Waals surface area contributed by atoms with Crippen LogP contribution in [0.3, 0.4) is 0 Å². The van der Waals surface area contributed by atoms with Crippen molar-refractivity contribution >= 4 is 11.8 Å². The molecule has 0 aliphatic heterocycles. The van der Waals surface area contributed by atoms with E-state index in [4.69, 9.17) is 16.7 Å². The molecule has 0 bridgehead atoms. The fourth-order valence-corrected chi connectivity index (χ4v) is 2.74. The van der Waals surface area contributed by atoms with E-state index in [0.717, 1.165) is 18.4 Å². The summed E-state index contributed by atoms with van der Waals surface area (Å²) in [5.74, 6) is 2.81. The molecule has 8 nitrogen and oxygen atoms in total. The van der Waals surface area contributed by atoms with Crippen molar-refractivity contribution in [3.63, 3.8) is 0 Å². The highest BCUT2D eigenvalue weighted by Gasteiger charge is 2.27. The van der Waals surface area contributed by atoms with Crippen LogP contribution in [0.4, 0.5) is 0 Å². The fourth-order valence-electron chi connectivity index (χ4n) is 2.74. The van der Waals surface area contributed by atoms with Crippen molar-refractivity contribution in [2.45, 2.75) is 58.5 Å².